The zero-order valence-electron chi connectivity index (χ0n) is 12.9. The van der Waals surface area contributed by atoms with E-state index in [1.54, 1.807) is 7.11 Å². The molecule has 122 valence electrons. The molecular formula is C15H23N2O3PS. The second-order valence-electron chi connectivity index (χ2n) is 5.37. The zero-order chi connectivity index (χ0) is 15.4. The van der Waals surface area contributed by atoms with Gasteiger partial charge in [-0.05, 0) is 24.3 Å². The molecule has 7 heteroatoms. The van der Waals surface area contributed by atoms with Gasteiger partial charge in [-0.1, -0.05) is 11.8 Å². The smallest absolute Gasteiger partial charge is 0.118 e. The molecule has 0 aliphatic carbocycles. The molecule has 2 heterocycles. The van der Waals surface area contributed by atoms with Crippen LogP contribution in [-0.4, -0.2) is 69.1 Å². The van der Waals surface area contributed by atoms with Gasteiger partial charge in [-0.3, -0.25) is 9.34 Å². The maximum atomic E-state index is 6.30. The lowest BCUT2D eigenvalue weighted by Crippen LogP contribution is -2.46. The Morgan fingerprint density at radius 1 is 0.909 bits per heavy atom. The van der Waals surface area contributed by atoms with Gasteiger partial charge in [0.15, 0.2) is 0 Å². The second-order valence-corrected chi connectivity index (χ2v) is 9.64. The van der Waals surface area contributed by atoms with Gasteiger partial charge in [0.1, 0.15) is 12.1 Å². The van der Waals surface area contributed by atoms with Crippen molar-refractivity contribution >= 4 is 23.5 Å². The van der Waals surface area contributed by atoms with E-state index in [9.17, 15) is 0 Å². The molecule has 22 heavy (non-hydrogen) atoms. The molecule has 0 bridgehead atoms. The zero-order valence-corrected chi connectivity index (χ0v) is 14.7. The molecule has 2 aliphatic heterocycles. The van der Waals surface area contributed by atoms with Crippen LogP contribution in [0.3, 0.4) is 0 Å². The minimum Gasteiger partial charge on any atom is -0.497 e. The van der Waals surface area contributed by atoms with E-state index < -0.39 is 6.34 Å². The highest BCUT2D eigenvalue weighted by Gasteiger charge is 2.36. The molecule has 0 spiro atoms. The number of morpholine rings is 2. The Labute approximate surface area is 137 Å². The van der Waals surface area contributed by atoms with Gasteiger partial charge in [-0.15, -0.1) is 0 Å². The van der Waals surface area contributed by atoms with Crippen molar-refractivity contribution in [2.24, 2.45) is 0 Å². The van der Waals surface area contributed by atoms with E-state index >= 15 is 0 Å². The molecule has 0 amide bonds. The van der Waals surface area contributed by atoms with E-state index in [1.165, 1.54) is 5.30 Å². The van der Waals surface area contributed by atoms with Crippen LogP contribution >= 0.6 is 6.34 Å². The Morgan fingerprint density at radius 3 is 1.77 bits per heavy atom. The third-order valence-electron chi connectivity index (χ3n) is 4.15. The number of rotatable bonds is 4. The van der Waals surface area contributed by atoms with Crippen molar-refractivity contribution in [1.29, 1.82) is 0 Å². The van der Waals surface area contributed by atoms with Crippen molar-refractivity contribution in [2.75, 3.05) is 59.7 Å². The van der Waals surface area contributed by atoms with Crippen LogP contribution < -0.4 is 10.0 Å². The summed E-state index contributed by atoms with van der Waals surface area (Å²) in [4.78, 5) is 0. The largest absolute Gasteiger partial charge is 0.497 e. The summed E-state index contributed by atoms with van der Waals surface area (Å²) < 4.78 is 21.2. The second kappa shape index (κ2) is 7.39. The normalized spacial score (nSPS) is 21.7. The van der Waals surface area contributed by atoms with Crippen LogP contribution in [0.4, 0.5) is 0 Å². The first-order valence-electron chi connectivity index (χ1n) is 7.66. The van der Waals surface area contributed by atoms with E-state index in [-0.39, 0.29) is 0 Å². The third kappa shape index (κ3) is 3.23. The van der Waals surface area contributed by atoms with Crippen LogP contribution in [0, 0.1) is 0 Å². The van der Waals surface area contributed by atoms with Crippen molar-refractivity contribution in [3.63, 3.8) is 0 Å². The lowest BCUT2D eigenvalue weighted by atomic mass is 10.3. The number of methoxy groups -OCH3 is 1. The third-order valence-corrected chi connectivity index (χ3v) is 9.47. The minimum atomic E-state index is -1.97. The molecular weight excluding hydrogens is 319 g/mol. The van der Waals surface area contributed by atoms with Crippen LogP contribution in [0.5, 0.6) is 5.75 Å². The van der Waals surface area contributed by atoms with Gasteiger partial charge in [0.25, 0.3) is 0 Å². The molecule has 2 saturated heterocycles. The van der Waals surface area contributed by atoms with Crippen molar-refractivity contribution in [3.8, 4) is 5.75 Å². The molecule has 5 nitrogen and oxygen atoms in total. The lowest BCUT2D eigenvalue weighted by Gasteiger charge is -2.45. The van der Waals surface area contributed by atoms with Crippen LogP contribution in [0.25, 0.3) is 0 Å². The predicted molar refractivity (Wildman–Crippen MR) is 91.7 cm³/mol. The number of hydrogen-bond acceptors (Lipinski definition) is 4. The van der Waals surface area contributed by atoms with E-state index in [2.05, 4.69) is 21.5 Å². The standard InChI is InChI=1S/C15H23N2O3PS/c1-18-14-2-4-15(5-3-14)21(22,16-6-10-19-11-7-16)17-8-12-20-13-9-17/h2-5H,6-13H2,1H3. The number of benzene rings is 1. The van der Waals surface area contributed by atoms with Gasteiger partial charge >= 0.3 is 0 Å². The molecule has 0 N–H and O–H groups in total. The van der Waals surface area contributed by atoms with E-state index in [4.69, 9.17) is 26.0 Å². The number of ether oxygens (including phenoxy) is 3. The number of nitrogens with zero attached hydrogens (tertiary/aromatic N) is 2. The van der Waals surface area contributed by atoms with Crippen LogP contribution in [0.15, 0.2) is 24.3 Å². The molecule has 0 aromatic heterocycles. The molecule has 0 radical (unpaired) electrons. The first-order chi connectivity index (χ1) is 10.7. The summed E-state index contributed by atoms with van der Waals surface area (Å²) in [6.45, 7) is 6.66. The molecule has 1 aromatic carbocycles. The predicted octanol–water partition coefficient (Wildman–Crippen LogP) is 1.29. The van der Waals surface area contributed by atoms with Crippen LogP contribution in [0.1, 0.15) is 0 Å². The Bertz CT molecular complexity index is 506. The Balaban J connectivity index is 1.94. The van der Waals surface area contributed by atoms with Gasteiger partial charge in [0.05, 0.1) is 33.5 Å². The summed E-state index contributed by atoms with van der Waals surface area (Å²) in [6, 6.07) is 8.28. The molecule has 0 atom stereocenters. The average molecular weight is 342 g/mol. The Morgan fingerprint density at radius 2 is 1.36 bits per heavy atom. The van der Waals surface area contributed by atoms with E-state index in [0.29, 0.717) is 0 Å². The fraction of sp³-hybridized carbons (Fsp3) is 0.600. The van der Waals surface area contributed by atoms with E-state index in [1.807, 2.05) is 12.1 Å². The Hall–Kier alpha value is -0.490. The quantitative estimate of drug-likeness (QED) is 0.768. The lowest BCUT2D eigenvalue weighted by molar-refractivity contribution is 0.0589. The van der Waals surface area contributed by atoms with Crippen molar-refractivity contribution in [2.45, 2.75) is 0 Å². The average Bonchev–Trinajstić information content (AvgIpc) is 2.62. The molecule has 2 aliphatic rings. The maximum Gasteiger partial charge on any atom is 0.118 e. The fourth-order valence-corrected chi connectivity index (χ4v) is 7.24. The van der Waals surface area contributed by atoms with Gasteiger partial charge in [-0.25, -0.2) is 0 Å². The van der Waals surface area contributed by atoms with Gasteiger partial charge in [-0.2, -0.15) is 0 Å². The molecule has 3 rings (SSSR count). The summed E-state index contributed by atoms with van der Waals surface area (Å²) in [5.41, 5.74) is 0. The first kappa shape index (κ1) is 16.4. The first-order valence-corrected chi connectivity index (χ1v) is 10.4. The van der Waals surface area contributed by atoms with Crippen LogP contribution in [0.2, 0.25) is 0 Å². The maximum absolute atomic E-state index is 6.30. The van der Waals surface area contributed by atoms with Gasteiger partial charge in [0, 0.05) is 31.5 Å². The molecule has 0 unspecified atom stereocenters. The monoisotopic (exact) mass is 342 g/mol. The van der Waals surface area contributed by atoms with Crippen LogP contribution in [-0.2, 0) is 21.3 Å². The summed E-state index contributed by atoms with van der Waals surface area (Å²) >= 11 is 6.30. The van der Waals surface area contributed by atoms with Gasteiger partial charge in [0.2, 0.25) is 0 Å². The Kier molecular flexibility index (Phi) is 5.50. The molecule has 1 aromatic rings. The highest BCUT2D eigenvalue weighted by atomic mass is 32.4. The van der Waals surface area contributed by atoms with Crippen molar-refractivity contribution < 1.29 is 14.2 Å². The number of hydrogen-bond donors (Lipinski definition) is 0. The SMILES string of the molecule is COc1ccc(P(=S)(N2CCOCC2)N2CCOCC2)cc1. The summed E-state index contributed by atoms with van der Waals surface area (Å²) in [7, 11) is 1.69. The summed E-state index contributed by atoms with van der Waals surface area (Å²) in [5, 5.41) is 1.23. The highest BCUT2D eigenvalue weighted by Crippen LogP contribution is 2.53. The highest BCUT2D eigenvalue weighted by molar-refractivity contribution is 8.15. The fourth-order valence-electron chi connectivity index (χ4n) is 2.93. The summed E-state index contributed by atoms with van der Waals surface area (Å²) in [5.74, 6) is 0.870. The van der Waals surface area contributed by atoms with Crippen molar-refractivity contribution in [3.05, 3.63) is 24.3 Å². The minimum absolute atomic E-state index is 0.763. The summed E-state index contributed by atoms with van der Waals surface area (Å²) in [6.07, 6.45) is -1.97. The van der Waals surface area contributed by atoms with E-state index in [0.717, 1.165) is 58.4 Å². The van der Waals surface area contributed by atoms with Crippen molar-refractivity contribution in [1.82, 2.24) is 9.34 Å². The molecule has 2 fully saturated rings. The topological polar surface area (TPSA) is 34.2 Å². The molecule has 0 saturated carbocycles. The van der Waals surface area contributed by atoms with Gasteiger partial charge < -0.3 is 14.2 Å².